The minimum absolute atomic E-state index is 0.278. The molecule has 1 heterocycles. The van der Waals surface area contributed by atoms with Crippen molar-refractivity contribution in [2.75, 3.05) is 26.5 Å². The Kier molecular flexibility index (Phi) is 3.09. The summed E-state index contributed by atoms with van der Waals surface area (Å²) in [5.41, 5.74) is 0. The van der Waals surface area contributed by atoms with E-state index in [1.165, 1.54) is 0 Å². The molecule has 0 radical (unpaired) electrons. The molecule has 0 saturated carbocycles. The fourth-order valence-electron chi connectivity index (χ4n) is 1.39. The van der Waals surface area contributed by atoms with Gasteiger partial charge in [-0.15, -0.1) is 0 Å². The fourth-order valence-corrected chi connectivity index (χ4v) is 1.80. The second-order valence-electron chi connectivity index (χ2n) is 3.27. The molecule has 0 spiro atoms. The van der Waals surface area contributed by atoms with Crippen LogP contribution < -0.4 is 0 Å². The quantitative estimate of drug-likeness (QED) is 0.594. The summed E-state index contributed by atoms with van der Waals surface area (Å²) in [6.45, 7) is 1.34. The fraction of sp³-hybridized carbons (Fsp3) is 1.00. The van der Waals surface area contributed by atoms with Gasteiger partial charge in [0, 0.05) is 6.04 Å². The minimum atomic E-state index is -3.26. The van der Waals surface area contributed by atoms with Gasteiger partial charge in [0.2, 0.25) is 0 Å². The Morgan fingerprint density at radius 1 is 1.58 bits per heavy atom. The third kappa shape index (κ3) is 3.08. The summed E-state index contributed by atoms with van der Waals surface area (Å²) in [4.78, 5) is 2.13. The van der Waals surface area contributed by atoms with E-state index in [0.29, 0.717) is 6.61 Å². The molecule has 0 aromatic carbocycles. The molecule has 1 rings (SSSR count). The van der Waals surface area contributed by atoms with Crippen LogP contribution in [0.15, 0.2) is 0 Å². The summed E-state index contributed by atoms with van der Waals surface area (Å²) in [5.74, 6) is 0. The van der Waals surface area contributed by atoms with Gasteiger partial charge in [-0.1, -0.05) is 0 Å². The maximum Gasteiger partial charge on any atom is 0.264 e. The Labute approximate surface area is 73.6 Å². The van der Waals surface area contributed by atoms with E-state index in [1.54, 1.807) is 0 Å². The van der Waals surface area contributed by atoms with E-state index in [-0.39, 0.29) is 6.04 Å². The summed E-state index contributed by atoms with van der Waals surface area (Å²) in [7, 11) is -1.27. The third-order valence-electron chi connectivity index (χ3n) is 2.15. The van der Waals surface area contributed by atoms with Crippen molar-refractivity contribution in [2.24, 2.45) is 0 Å². The normalized spacial score (nSPS) is 26.3. The lowest BCUT2D eigenvalue weighted by molar-refractivity contribution is 0.204. The molecule has 0 aromatic rings. The van der Waals surface area contributed by atoms with Crippen molar-refractivity contribution in [3.05, 3.63) is 0 Å². The Morgan fingerprint density at radius 3 is 2.67 bits per heavy atom. The summed E-state index contributed by atoms with van der Waals surface area (Å²) in [5, 5.41) is 0. The van der Waals surface area contributed by atoms with Crippen LogP contribution in [0.2, 0.25) is 0 Å². The van der Waals surface area contributed by atoms with E-state index in [4.69, 9.17) is 4.18 Å². The standard InChI is InChI=1S/C7H15NO3S/c1-8-5-3-4-7(8)6-11-12(2,9)10/h7H,3-6H2,1-2H3/t7-/m0/s1. The first-order valence-corrected chi connectivity index (χ1v) is 5.85. The van der Waals surface area contributed by atoms with Gasteiger partial charge in [0.25, 0.3) is 10.1 Å². The van der Waals surface area contributed by atoms with E-state index in [1.807, 2.05) is 7.05 Å². The van der Waals surface area contributed by atoms with E-state index in [0.717, 1.165) is 25.6 Å². The van der Waals surface area contributed by atoms with E-state index < -0.39 is 10.1 Å². The van der Waals surface area contributed by atoms with Crippen molar-refractivity contribution in [1.82, 2.24) is 4.90 Å². The van der Waals surface area contributed by atoms with Gasteiger partial charge in [-0.05, 0) is 26.4 Å². The topological polar surface area (TPSA) is 46.6 Å². The van der Waals surface area contributed by atoms with Crippen LogP contribution in [0.3, 0.4) is 0 Å². The maximum absolute atomic E-state index is 10.7. The Morgan fingerprint density at radius 2 is 2.25 bits per heavy atom. The monoisotopic (exact) mass is 193 g/mol. The second-order valence-corrected chi connectivity index (χ2v) is 4.91. The van der Waals surface area contributed by atoms with Gasteiger partial charge in [0.1, 0.15) is 0 Å². The molecule has 4 nitrogen and oxygen atoms in total. The highest BCUT2D eigenvalue weighted by Crippen LogP contribution is 2.15. The van der Waals surface area contributed by atoms with Gasteiger partial charge in [0.15, 0.2) is 0 Å². The largest absolute Gasteiger partial charge is 0.301 e. The van der Waals surface area contributed by atoms with Gasteiger partial charge < -0.3 is 4.90 Å². The molecule has 0 unspecified atom stereocenters. The van der Waals surface area contributed by atoms with Crippen LogP contribution in [0, 0.1) is 0 Å². The number of rotatable bonds is 3. The third-order valence-corrected chi connectivity index (χ3v) is 2.71. The minimum Gasteiger partial charge on any atom is -0.301 e. The lowest BCUT2D eigenvalue weighted by Gasteiger charge is -2.17. The maximum atomic E-state index is 10.7. The summed E-state index contributed by atoms with van der Waals surface area (Å²) in [6.07, 6.45) is 3.25. The van der Waals surface area contributed by atoms with Crippen LogP contribution in [0.1, 0.15) is 12.8 Å². The smallest absolute Gasteiger partial charge is 0.264 e. The van der Waals surface area contributed by atoms with Crippen molar-refractivity contribution < 1.29 is 12.6 Å². The van der Waals surface area contributed by atoms with Gasteiger partial charge >= 0.3 is 0 Å². The van der Waals surface area contributed by atoms with Crippen molar-refractivity contribution in [3.8, 4) is 0 Å². The summed E-state index contributed by atoms with van der Waals surface area (Å²) < 4.78 is 26.0. The molecule has 1 aliphatic heterocycles. The van der Waals surface area contributed by atoms with E-state index >= 15 is 0 Å². The van der Waals surface area contributed by atoms with Crippen LogP contribution in [-0.2, 0) is 14.3 Å². The molecule has 1 saturated heterocycles. The molecular formula is C7H15NO3S. The van der Waals surface area contributed by atoms with Crippen LogP contribution in [0.25, 0.3) is 0 Å². The number of likely N-dealkylation sites (N-methyl/N-ethyl adjacent to an activating group) is 1. The van der Waals surface area contributed by atoms with E-state index in [9.17, 15) is 8.42 Å². The summed E-state index contributed by atoms with van der Waals surface area (Å²) in [6, 6.07) is 0.278. The lowest BCUT2D eigenvalue weighted by Crippen LogP contribution is -2.30. The van der Waals surface area contributed by atoms with Gasteiger partial charge in [-0.25, -0.2) is 0 Å². The first kappa shape index (κ1) is 9.95. The number of nitrogens with zero attached hydrogens (tertiary/aromatic N) is 1. The average molecular weight is 193 g/mol. The van der Waals surface area contributed by atoms with Crippen LogP contribution in [0.5, 0.6) is 0 Å². The zero-order chi connectivity index (χ0) is 9.19. The zero-order valence-electron chi connectivity index (χ0n) is 7.49. The molecule has 0 amide bonds. The predicted molar refractivity (Wildman–Crippen MR) is 46.4 cm³/mol. The first-order chi connectivity index (χ1) is 5.49. The lowest BCUT2D eigenvalue weighted by atomic mass is 10.2. The van der Waals surface area contributed by atoms with Gasteiger partial charge in [0.05, 0.1) is 12.9 Å². The van der Waals surface area contributed by atoms with Crippen LogP contribution in [-0.4, -0.2) is 45.8 Å². The average Bonchev–Trinajstić information content (AvgIpc) is 2.29. The number of likely N-dealkylation sites (tertiary alicyclic amines) is 1. The Bertz CT molecular complexity index is 237. The zero-order valence-corrected chi connectivity index (χ0v) is 8.30. The molecule has 0 bridgehead atoms. The number of hydrogen-bond acceptors (Lipinski definition) is 4. The van der Waals surface area contributed by atoms with Gasteiger partial charge in [-0.2, -0.15) is 8.42 Å². The SMILES string of the molecule is CN1CCC[C@H]1COS(C)(=O)=O. The Balaban J connectivity index is 2.32. The first-order valence-electron chi connectivity index (χ1n) is 4.04. The Hall–Kier alpha value is -0.130. The van der Waals surface area contributed by atoms with Crippen LogP contribution in [0.4, 0.5) is 0 Å². The molecule has 0 aliphatic carbocycles. The van der Waals surface area contributed by atoms with Crippen molar-refractivity contribution in [3.63, 3.8) is 0 Å². The molecule has 0 N–H and O–H groups in total. The number of hydrogen-bond donors (Lipinski definition) is 0. The molecule has 0 aromatic heterocycles. The van der Waals surface area contributed by atoms with Crippen LogP contribution >= 0.6 is 0 Å². The van der Waals surface area contributed by atoms with Gasteiger partial charge in [-0.3, -0.25) is 4.18 Å². The summed E-state index contributed by atoms with van der Waals surface area (Å²) >= 11 is 0. The van der Waals surface area contributed by atoms with Crippen molar-refractivity contribution in [2.45, 2.75) is 18.9 Å². The highest BCUT2D eigenvalue weighted by atomic mass is 32.2. The molecule has 1 aliphatic rings. The highest BCUT2D eigenvalue weighted by Gasteiger charge is 2.22. The van der Waals surface area contributed by atoms with E-state index in [2.05, 4.69) is 4.90 Å². The van der Waals surface area contributed by atoms with Crippen molar-refractivity contribution in [1.29, 1.82) is 0 Å². The van der Waals surface area contributed by atoms with Crippen molar-refractivity contribution >= 4 is 10.1 Å². The second kappa shape index (κ2) is 3.72. The molecule has 1 fully saturated rings. The molecule has 5 heteroatoms. The molecule has 72 valence electrons. The predicted octanol–water partition coefficient (Wildman–Crippen LogP) is 0.0568. The molecule has 1 atom stereocenters. The molecular weight excluding hydrogens is 178 g/mol. The molecule has 12 heavy (non-hydrogen) atoms. The highest BCUT2D eigenvalue weighted by molar-refractivity contribution is 7.85.